The van der Waals surface area contributed by atoms with Crippen molar-refractivity contribution < 1.29 is 4.79 Å². The Morgan fingerprint density at radius 2 is 2.40 bits per heavy atom. The monoisotopic (exact) mass is 210 g/mol. The Balaban J connectivity index is 2.23. The molecule has 0 aromatic heterocycles. The number of rotatable bonds is 5. The normalized spacial score (nSPS) is 21.9. The Bertz CT molecular complexity index is 226. The maximum atomic E-state index is 11.5. The van der Waals surface area contributed by atoms with E-state index in [0.717, 1.165) is 26.1 Å². The Kier molecular flexibility index (Phi) is 4.82. The molecule has 3 nitrogen and oxygen atoms in total. The number of hydrogen-bond acceptors (Lipinski definition) is 2. The molecule has 1 atom stereocenters. The molecule has 86 valence electrons. The smallest absolute Gasteiger partial charge is 0.220 e. The first kappa shape index (κ1) is 12.2. The first-order valence-electron chi connectivity index (χ1n) is 5.74. The summed E-state index contributed by atoms with van der Waals surface area (Å²) in [6.45, 7) is 10.8. The quantitative estimate of drug-likeness (QED) is 0.696. The Hall–Kier alpha value is -0.830. The zero-order valence-corrected chi connectivity index (χ0v) is 9.83. The highest BCUT2D eigenvalue weighted by Gasteiger charge is 2.22. The summed E-state index contributed by atoms with van der Waals surface area (Å²) in [6, 6.07) is 0.344. The third kappa shape index (κ3) is 4.47. The van der Waals surface area contributed by atoms with Gasteiger partial charge in [0.15, 0.2) is 0 Å². The largest absolute Gasteiger partial charge is 0.352 e. The van der Waals surface area contributed by atoms with E-state index in [0.29, 0.717) is 18.4 Å². The SMILES string of the molecule is C=CCN1CCC(NC(=O)CC(C)C)C1. The molecular weight excluding hydrogens is 188 g/mol. The minimum Gasteiger partial charge on any atom is -0.352 e. The van der Waals surface area contributed by atoms with Gasteiger partial charge in [0, 0.05) is 32.1 Å². The fourth-order valence-electron chi connectivity index (χ4n) is 1.96. The molecule has 0 spiro atoms. The number of hydrogen-bond donors (Lipinski definition) is 1. The van der Waals surface area contributed by atoms with Crippen molar-refractivity contribution in [3.05, 3.63) is 12.7 Å². The van der Waals surface area contributed by atoms with Crippen LogP contribution in [-0.2, 0) is 4.79 Å². The molecule has 1 aliphatic heterocycles. The number of amides is 1. The first-order chi connectivity index (χ1) is 7.11. The van der Waals surface area contributed by atoms with Gasteiger partial charge in [-0.1, -0.05) is 19.9 Å². The maximum Gasteiger partial charge on any atom is 0.220 e. The average molecular weight is 210 g/mol. The third-order valence-corrected chi connectivity index (χ3v) is 2.62. The summed E-state index contributed by atoms with van der Waals surface area (Å²) in [6.07, 6.45) is 3.62. The van der Waals surface area contributed by atoms with Crippen molar-refractivity contribution in [1.82, 2.24) is 10.2 Å². The Morgan fingerprint density at radius 1 is 1.67 bits per heavy atom. The lowest BCUT2D eigenvalue weighted by molar-refractivity contribution is -0.122. The van der Waals surface area contributed by atoms with E-state index in [4.69, 9.17) is 0 Å². The number of carbonyl (C=O) groups excluding carboxylic acids is 1. The van der Waals surface area contributed by atoms with Crippen LogP contribution in [0.15, 0.2) is 12.7 Å². The van der Waals surface area contributed by atoms with Crippen LogP contribution in [0.2, 0.25) is 0 Å². The van der Waals surface area contributed by atoms with E-state index in [9.17, 15) is 4.79 Å². The van der Waals surface area contributed by atoms with Gasteiger partial charge in [-0.05, 0) is 12.3 Å². The van der Waals surface area contributed by atoms with Crippen LogP contribution in [0.4, 0.5) is 0 Å². The molecule has 1 amide bonds. The van der Waals surface area contributed by atoms with Crippen molar-refractivity contribution >= 4 is 5.91 Å². The second kappa shape index (κ2) is 5.91. The van der Waals surface area contributed by atoms with Gasteiger partial charge < -0.3 is 5.32 Å². The first-order valence-corrected chi connectivity index (χ1v) is 5.74. The van der Waals surface area contributed by atoms with E-state index in [1.165, 1.54) is 0 Å². The van der Waals surface area contributed by atoms with Gasteiger partial charge in [-0.15, -0.1) is 6.58 Å². The molecule has 0 aliphatic carbocycles. The molecule has 0 bridgehead atoms. The van der Waals surface area contributed by atoms with Crippen molar-refractivity contribution in [3.63, 3.8) is 0 Å². The lowest BCUT2D eigenvalue weighted by atomic mass is 10.1. The van der Waals surface area contributed by atoms with Gasteiger partial charge in [0.2, 0.25) is 5.91 Å². The number of likely N-dealkylation sites (tertiary alicyclic amines) is 1. The van der Waals surface area contributed by atoms with Crippen LogP contribution in [0.3, 0.4) is 0 Å². The van der Waals surface area contributed by atoms with Crippen LogP contribution >= 0.6 is 0 Å². The van der Waals surface area contributed by atoms with Crippen LogP contribution in [0, 0.1) is 5.92 Å². The summed E-state index contributed by atoms with van der Waals surface area (Å²) in [5, 5.41) is 3.08. The third-order valence-electron chi connectivity index (χ3n) is 2.62. The summed E-state index contributed by atoms with van der Waals surface area (Å²) in [7, 11) is 0. The van der Waals surface area contributed by atoms with E-state index in [1.807, 2.05) is 6.08 Å². The van der Waals surface area contributed by atoms with Crippen molar-refractivity contribution in [2.24, 2.45) is 5.92 Å². The number of carbonyl (C=O) groups is 1. The van der Waals surface area contributed by atoms with Gasteiger partial charge in [-0.25, -0.2) is 0 Å². The number of nitrogens with zero attached hydrogens (tertiary/aromatic N) is 1. The minimum absolute atomic E-state index is 0.190. The lowest BCUT2D eigenvalue weighted by Gasteiger charge is -2.15. The van der Waals surface area contributed by atoms with Gasteiger partial charge in [0.1, 0.15) is 0 Å². The Labute approximate surface area is 92.5 Å². The molecule has 1 aliphatic rings. The van der Waals surface area contributed by atoms with Crippen molar-refractivity contribution in [2.75, 3.05) is 19.6 Å². The van der Waals surface area contributed by atoms with Gasteiger partial charge in [0.05, 0.1) is 0 Å². The van der Waals surface area contributed by atoms with Crippen LogP contribution in [-0.4, -0.2) is 36.5 Å². The highest BCUT2D eigenvalue weighted by molar-refractivity contribution is 5.76. The molecular formula is C12H22N2O. The molecule has 1 N–H and O–H groups in total. The second-order valence-electron chi connectivity index (χ2n) is 4.70. The summed E-state index contributed by atoms with van der Waals surface area (Å²) >= 11 is 0. The highest BCUT2D eigenvalue weighted by atomic mass is 16.1. The zero-order chi connectivity index (χ0) is 11.3. The van der Waals surface area contributed by atoms with Crippen molar-refractivity contribution in [3.8, 4) is 0 Å². The minimum atomic E-state index is 0.190. The van der Waals surface area contributed by atoms with Gasteiger partial charge in [-0.3, -0.25) is 9.69 Å². The fraction of sp³-hybridized carbons (Fsp3) is 0.750. The molecule has 15 heavy (non-hydrogen) atoms. The zero-order valence-electron chi connectivity index (χ0n) is 9.83. The molecule has 0 aromatic rings. The van der Waals surface area contributed by atoms with Crippen molar-refractivity contribution in [2.45, 2.75) is 32.7 Å². The van der Waals surface area contributed by atoms with Gasteiger partial charge >= 0.3 is 0 Å². The maximum absolute atomic E-state index is 11.5. The molecule has 3 heteroatoms. The molecule has 1 fully saturated rings. The van der Waals surface area contributed by atoms with E-state index in [2.05, 4.69) is 30.6 Å². The highest BCUT2D eigenvalue weighted by Crippen LogP contribution is 2.09. The lowest BCUT2D eigenvalue weighted by Crippen LogP contribution is -2.37. The van der Waals surface area contributed by atoms with Crippen LogP contribution in [0.1, 0.15) is 26.7 Å². The molecule has 0 aromatic carbocycles. The van der Waals surface area contributed by atoms with Gasteiger partial charge in [-0.2, -0.15) is 0 Å². The summed E-state index contributed by atoms with van der Waals surface area (Å²) in [5.74, 6) is 0.631. The second-order valence-corrected chi connectivity index (χ2v) is 4.70. The van der Waals surface area contributed by atoms with E-state index in [-0.39, 0.29) is 5.91 Å². The van der Waals surface area contributed by atoms with Crippen molar-refractivity contribution in [1.29, 1.82) is 0 Å². The Morgan fingerprint density at radius 3 is 3.00 bits per heavy atom. The van der Waals surface area contributed by atoms with E-state index in [1.54, 1.807) is 0 Å². The summed E-state index contributed by atoms with van der Waals surface area (Å²) in [4.78, 5) is 13.8. The van der Waals surface area contributed by atoms with Crippen LogP contribution in [0.5, 0.6) is 0 Å². The van der Waals surface area contributed by atoms with E-state index >= 15 is 0 Å². The number of nitrogens with one attached hydrogen (secondary N) is 1. The van der Waals surface area contributed by atoms with Gasteiger partial charge in [0.25, 0.3) is 0 Å². The van der Waals surface area contributed by atoms with E-state index < -0.39 is 0 Å². The van der Waals surface area contributed by atoms with Crippen LogP contribution in [0.25, 0.3) is 0 Å². The average Bonchev–Trinajstić information content (AvgIpc) is 2.51. The summed E-state index contributed by atoms with van der Waals surface area (Å²) in [5.41, 5.74) is 0. The van der Waals surface area contributed by atoms with Crippen LogP contribution < -0.4 is 5.32 Å². The summed E-state index contributed by atoms with van der Waals surface area (Å²) < 4.78 is 0. The molecule has 1 unspecified atom stereocenters. The molecule has 1 saturated heterocycles. The molecule has 1 rings (SSSR count). The molecule has 0 radical (unpaired) electrons. The predicted molar refractivity (Wildman–Crippen MR) is 62.6 cm³/mol. The predicted octanol–water partition coefficient (Wildman–Crippen LogP) is 1.41. The topological polar surface area (TPSA) is 32.3 Å². The standard InChI is InChI=1S/C12H22N2O/c1-4-6-14-7-5-11(9-14)13-12(15)8-10(2)3/h4,10-11H,1,5-9H2,2-3H3,(H,13,15). The molecule has 0 saturated carbocycles. The fourth-order valence-corrected chi connectivity index (χ4v) is 1.96. The molecule has 1 heterocycles.